The standard InChI is InChI=1S/C15H22O3S/c1-19(17,18)12-6-11-15(16)10-5-4-8-13-7-2-3-9-14(13)15/h2-3,7,9,16H,4-6,8,10-12H2,1H3. The lowest BCUT2D eigenvalue weighted by atomic mass is 9.84. The van der Waals surface area contributed by atoms with Crippen molar-refractivity contribution in [2.75, 3.05) is 12.0 Å². The van der Waals surface area contributed by atoms with Crippen LogP contribution in [0.4, 0.5) is 0 Å². The number of sulfone groups is 1. The van der Waals surface area contributed by atoms with E-state index in [9.17, 15) is 13.5 Å². The van der Waals surface area contributed by atoms with Crippen molar-refractivity contribution < 1.29 is 13.5 Å². The molecular weight excluding hydrogens is 260 g/mol. The molecule has 0 heterocycles. The molecule has 19 heavy (non-hydrogen) atoms. The predicted octanol–water partition coefficient (Wildman–Crippen LogP) is 2.43. The van der Waals surface area contributed by atoms with Crippen LogP contribution < -0.4 is 0 Å². The molecule has 3 nitrogen and oxygen atoms in total. The zero-order valence-corrected chi connectivity index (χ0v) is 12.2. The second-order valence-corrected chi connectivity index (χ2v) is 7.89. The van der Waals surface area contributed by atoms with Gasteiger partial charge in [-0.15, -0.1) is 0 Å². The van der Waals surface area contributed by atoms with Gasteiger partial charge in [0.2, 0.25) is 0 Å². The molecule has 1 aliphatic carbocycles. The van der Waals surface area contributed by atoms with Crippen LogP contribution in [0.1, 0.15) is 43.2 Å². The molecular formula is C15H22O3S. The third-order valence-corrected chi connectivity index (χ3v) is 4.94. The topological polar surface area (TPSA) is 54.4 Å². The van der Waals surface area contributed by atoms with Gasteiger partial charge in [0.15, 0.2) is 0 Å². The Bertz CT molecular complexity index is 536. The third-order valence-electron chi connectivity index (χ3n) is 3.91. The molecule has 1 aromatic rings. The van der Waals surface area contributed by atoms with Gasteiger partial charge in [-0.05, 0) is 49.7 Å². The van der Waals surface area contributed by atoms with Gasteiger partial charge in [-0.25, -0.2) is 8.42 Å². The van der Waals surface area contributed by atoms with E-state index in [0.717, 1.165) is 31.2 Å². The highest BCUT2D eigenvalue weighted by atomic mass is 32.2. The number of fused-ring (bicyclic) bond motifs is 1. The fraction of sp³-hybridized carbons (Fsp3) is 0.600. The van der Waals surface area contributed by atoms with Crippen LogP contribution in [0.25, 0.3) is 0 Å². The van der Waals surface area contributed by atoms with Gasteiger partial charge in [0, 0.05) is 12.0 Å². The van der Waals surface area contributed by atoms with Crippen LogP contribution in [0.2, 0.25) is 0 Å². The molecule has 0 radical (unpaired) electrons. The molecule has 0 aliphatic heterocycles. The first kappa shape index (κ1) is 14.5. The van der Waals surface area contributed by atoms with Crippen molar-refractivity contribution in [3.63, 3.8) is 0 Å². The highest BCUT2D eigenvalue weighted by Crippen LogP contribution is 2.37. The minimum absolute atomic E-state index is 0.150. The van der Waals surface area contributed by atoms with E-state index in [2.05, 4.69) is 6.07 Å². The molecule has 0 saturated heterocycles. The van der Waals surface area contributed by atoms with Gasteiger partial charge in [-0.2, -0.15) is 0 Å². The molecule has 0 spiro atoms. The first-order chi connectivity index (χ1) is 8.91. The Morgan fingerprint density at radius 3 is 2.74 bits per heavy atom. The molecule has 0 fully saturated rings. The fourth-order valence-corrected chi connectivity index (χ4v) is 3.62. The summed E-state index contributed by atoms with van der Waals surface area (Å²) in [6.45, 7) is 0. The van der Waals surface area contributed by atoms with Crippen LogP contribution in [0, 0.1) is 0 Å². The van der Waals surface area contributed by atoms with Crippen LogP contribution in [0.3, 0.4) is 0 Å². The summed E-state index contributed by atoms with van der Waals surface area (Å²) in [5.74, 6) is 0.150. The molecule has 0 amide bonds. The quantitative estimate of drug-likeness (QED) is 0.863. The van der Waals surface area contributed by atoms with Gasteiger partial charge in [-0.1, -0.05) is 24.3 Å². The van der Waals surface area contributed by atoms with Crippen molar-refractivity contribution in [3.8, 4) is 0 Å². The Labute approximate surface area is 115 Å². The molecule has 1 atom stereocenters. The maximum Gasteiger partial charge on any atom is 0.147 e. The molecule has 1 aromatic carbocycles. The summed E-state index contributed by atoms with van der Waals surface area (Å²) in [6.07, 6.45) is 6.10. The molecule has 2 rings (SSSR count). The maximum atomic E-state index is 11.2. The monoisotopic (exact) mass is 282 g/mol. The maximum absolute atomic E-state index is 11.2. The average Bonchev–Trinajstić information content (AvgIpc) is 2.49. The average molecular weight is 282 g/mol. The van der Waals surface area contributed by atoms with Crippen molar-refractivity contribution in [3.05, 3.63) is 35.4 Å². The lowest BCUT2D eigenvalue weighted by Crippen LogP contribution is -2.26. The minimum Gasteiger partial charge on any atom is -0.385 e. The summed E-state index contributed by atoms with van der Waals surface area (Å²) < 4.78 is 22.4. The molecule has 1 aliphatic rings. The Kier molecular flexibility index (Phi) is 4.31. The third kappa shape index (κ3) is 3.80. The molecule has 0 aromatic heterocycles. The summed E-state index contributed by atoms with van der Waals surface area (Å²) in [6, 6.07) is 8.01. The Balaban J connectivity index is 2.17. The number of aryl methyl sites for hydroxylation is 1. The first-order valence-electron chi connectivity index (χ1n) is 6.89. The number of rotatable bonds is 4. The molecule has 0 saturated carbocycles. The van der Waals surface area contributed by atoms with E-state index in [1.807, 2.05) is 18.2 Å². The van der Waals surface area contributed by atoms with Crippen molar-refractivity contribution in [2.45, 2.75) is 44.1 Å². The summed E-state index contributed by atoms with van der Waals surface area (Å²) in [7, 11) is -2.95. The zero-order valence-electron chi connectivity index (χ0n) is 11.4. The SMILES string of the molecule is CS(=O)(=O)CCCC1(O)CCCCc2ccccc21. The highest BCUT2D eigenvalue weighted by Gasteiger charge is 2.32. The van der Waals surface area contributed by atoms with Gasteiger partial charge in [0.05, 0.1) is 5.60 Å². The van der Waals surface area contributed by atoms with Gasteiger partial charge in [0.25, 0.3) is 0 Å². The van der Waals surface area contributed by atoms with E-state index in [1.165, 1.54) is 11.8 Å². The largest absolute Gasteiger partial charge is 0.385 e. The minimum atomic E-state index is -2.95. The Morgan fingerprint density at radius 1 is 1.26 bits per heavy atom. The predicted molar refractivity (Wildman–Crippen MR) is 76.8 cm³/mol. The van der Waals surface area contributed by atoms with Gasteiger partial charge in [0.1, 0.15) is 9.84 Å². The molecule has 0 bridgehead atoms. The highest BCUT2D eigenvalue weighted by molar-refractivity contribution is 7.90. The number of benzene rings is 1. The normalized spacial score (nSPS) is 23.7. The van der Waals surface area contributed by atoms with Gasteiger partial charge < -0.3 is 5.11 Å². The second-order valence-electron chi connectivity index (χ2n) is 5.63. The van der Waals surface area contributed by atoms with E-state index in [4.69, 9.17) is 0 Å². The van der Waals surface area contributed by atoms with E-state index in [0.29, 0.717) is 12.8 Å². The van der Waals surface area contributed by atoms with E-state index >= 15 is 0 Å². The van der Waals surface area contributed by atoms with Crippen molar-refractivity contribution in [1.29, 1.82) is 0 Å². The Morgan fingerprint density at radius 2 is 2.00 bits per heavy atom. The first-order valence-corrected chi connectivity index (χ1v) is 8.95. The summed E-state index contributed by atoms with van der Waals surface area (Å²) >= 11 is 0. The van der Waals surface area contributed by atoms with E-state index in [-0.39, 0.29) is 5.75 Å². The summed E-state index contributed by atoms with van der Waals surface area (Å²) in [4.78, 5) is 0. The van der Waals surface area contributed by atoms with Crippen molar-refractivity contribution >= 4 is 9.84 Å². The fourth-order valence-electron chi connectivity index (χ4n) is 2.95. The van der Waals surface area contributed by atoms with E-state index < -0.39 is 15.4 Å². The van der Waals surface area contributed by atoms with Crippen molar-refractivity contribution in [2.24, 2.45) is 0 Å². The molecule has 1 N–H and O–H groups in total. The summed E-state index contributed by atoms with van der Waals surface area (Å²) in [5.41, 5.74) is 1.36. The number of hydrogen-bond donors (Lipinski definition) is 1. The van der Waals surface area contributed by atoms with E-state index in [1.54, 1.807) is 0 Å². The van der Waals surface area contributed by atoms with Crippen LogP contribution in [0.5, 0.6) is 0 Å². The molecule has 1 unspecified atom stereocenters. The lowest BCUT2D eigenvalue weighted by molar-refractivity contribution is 0.0175. The van der Waals surface area contributed by atoms with Crippen molar-refractivity contribution in [1.82, 2.24) is 0 Å². The summed E-state index contributed by atoms with van der Waals surface area (Å²) in [5, 5.41) is 10.9. The zero-order chi connectivity index (χ0) is 13.9. The lowest BCUT2D eigenvalue weighted by Gasteiger charge is -2.29. The second kappa shape index (κ2) is 5.63. The van der Waals surface area contributed by atoms with Gasteiger partial charge in [-0.3, -0.25) is 0 Å². The van der Waals surface area contributed by atoms with Crippen LogP contribution in [-0.2, 0) is 21.9 Å². The van der Waals surface area contributed by atoms with Crippen LogP contribution in [0.15, 0.2) is 24.3 Å². The van der Waals surface area contributed by atoms with Crippen LogP contribution in [-0.4, -0.2) is 25.5 Å². The number of hydrogen-bond acceptors (Lipinski definition) is 3. The number of aliphatic hydroxyl groups is 1. The molecule has 106 valence electrons. The Hall–Kier alpha value is -0.870. The molecule has 4 heteroatoms. The smallest absolute Gasteiger partial charge is 0.147 e. The van der Waals surface area contributed by atoms with Crippen LogP contribution >= 0.6 is 0 Å². The van der Waals surface area contributed by atoms with Gasteiger partial charge >= 0.3 is 0 Å².